The van der Waals surface area contributed by atoms with Gasteiger partial charge in [-0.2, -0.15) is 5.10 Å². The predicted octanol–water partition coefficient (Wildman–Crippen LogP) is 1.11. The fourth-order valence-corrected chi connectivity index (χ4v) is 3.25. The molecular weight excluding hydrogens is 258 g/mol. The number of halogens is 1. The van der Waals surface area contributed by atoms with Gasteiger partial charge in [-0.1, -0.05) is 0 Å². The van der Waals surface area contributed by atoms with Gasteiger partial charge >= 0.3 is 0 Å². The van der Waals surface area contributed by atoms with Gasteiger partial charge in [0, 0.05) is 20.1 Å². The number of fused-ring (bicyclic) bond motifs is 1. The average Bonchev–Trinajstić information content (AvgIpc) is 2.79. The van der Waals surface area contributed by atoms with Crippen LogP contribution in [0.4, 0.5) is 0 Å². The van der Waals surface area contributed by atoms with Crippen molar-refractivity contribution in [3.63, 3.8) is 0 Å². The lowest BCUT2D eigenvalue weighted by Crippen LogP contribution is -2.36. The van der Waals surface area contributed by atoms with E-state index in [1.54, 1.807) is 0 Å². The van der Waals surface area contributed by atoms with E-state index < -0.39 is 0 Å². The summed E-state index contributed by atoms with van der Waals surface area (Å²) in [5.74, 6) is 0. The number of likely N-dealkylation sites (N-methyl/N-ethyl adjacent to an activating group) is 1. The van der Waals surface area contributed by atoms with Crippen LogP contribution in [0.3, 0.4) is 0 Å². The van der Waals surface area contributed by atoms with E-state index in [0.29, 0.717) is 6.10 Å². The molecule has 0 spiro atoms. The third-order valence-electron chi connectivity index (χ3n) is 3.45. The summed E-state index contributed by atoms with van der Waals surface area (Å²) >= 11 is 3.55. The van der Waals surface area contributed by atoms with Crippen molar-refractivity contribution in [2.75, 3.05) is 20.1 Å². The third kappa shape index (κ3) is 1.30. The number of likely N-dealkylation sites (tertiary alicyclic amines) is 1. The van der Waals surface area contributed by atoms with Crippen LogP contribution in [-0.4, -0.2) is 40.9 Å². The van der Waals surface area contributed by atoms with Crippen LogP contribution in [0.1, 0.15) is 12.1 Å². The molecule has 3 rings (SSSR count). The molecule has 2 saturated heterocycles. The molecule has 2 aliphatic heterocycles. The number of aryl methyl sites for hydroxylation is 1. The number of nitrogens with zero attached hydrogens (tertiary/aromatic N) is 3. The second-order valence-corrected chi connectivity index (χ2v) is 5.33. The zero-order valence-corrected chi connectivity index (χ0v) is 10.5. The van der Waals surface area contributed by atoms with Gasteiger partial charge in [-0.3, -0.25) is 4.68 Å². The van der Waals surface area contributed by atoms with Crippen LogP contribution >= 0.6 is 15.9 Å². The van der Waals surface area contributed by atoms with E-state index in [1.807, 2.05) is 17.9 Å². The van der Waals surface area contributed by atoms with Gasteiger partial charge in [-0.25, -0.2) is 0 Å². The second kappa shape index (κ2) is 3.06. The summed E-state index contributed by atoms with van der Waals surface area (Å²) < 4.78 is 8.90. The van der Waals surface area contributed by atoms with E-state index in [9.17, 15) is 0 Å². The Morgan fingerprint density at radius 1 is 1.60 bits per heavy atom. The molecule has 0 saturated carbocycles. The SMILES string of the molecule is CN1CC[C@]2(c3c(Br)cnn3C)O[C@@H]2C1. The Balaban J connectivity index is 1.96. The highest BCUT2D eigenvalue weighted by atomic mass is 79.9. The lowest BCUT2D eigenvalue weighted by molar-refractivity contribution is 0.252. The molecule has 4 nitrogen and oxygen atoms in total. The van der Waals surface area contributed by atoms with Crippen molar-refractivity contribution in [1.82, 2.24) is 14.7 Å². The summed E-state index contributed by atoms with van der Waals surface area (Å²) in [5.41, 5.74) is 1.14. The van der Waals surface area contributed by atoms with Crippen LogP contribution in [0.5, 0.6) is 0 Å². The Bertz CT molecular complexity index is 386. The molecule has 0 aromatic carbocycles. The van der Waals surface area contributed by atoms with Crippen LogP contribution in [0.25, 0.3) is 0 Å². The van der Waals surface area contributed by atoms with Gasteiger partial charge in [0.15, 0.2) is 0 Å². The summed E-state index contributed by atoms with van der Waals surface area (Å²) in [6.45, 7) is 2.12. The van der Waals surface area contributed by atoms with Crippen LogP contribution < -0.4 is 0 Å². The Labute approximate surface area is 97.3 Å². The molecule has 0 amide bonds. The van der Waals surface area contributed by atoms with E-state index in [4.69, 9.17) is 4.74 Å². The minimum absolute atomic E-state index is 0.0589. The molecule has 5 heteroatoms. The summed E-state index contributed by atoms with van der Waals surface area (Å²) in [6, 6.07) is 0. The maximum absolute atomic E-state index is 5.91. The first-order valence-electron chi connectivity index (χ1n) is 5.18. The topological polar surface area (TPSA) is 33.6 Å². The molecule has 1 aromatic rings. The largest absolute Gasteiger partial charge is 0.358 e. The molecule has 0 unspecified atom stereocenters. The highest BCUT2D eigenvalue weighted by Crippen LogP contribution is 2.53. The molecular formula is C10H14BrN3O. The van der Waals surface area contributed by atoms with Crippen LogP contribution in [0.15, 0.2) is 10.7 Å². The standard InChI is InChI=1S/C10H14BrN3O/c1-13-4-3-10(8(6-13)15-10)9-7(11)5-12-14(9)2/h5,8H,3-4,6H2,1-2H3/t8-,10+/m1/s1. The quantitative estimate of drug-likeness (QED) is 0.718. The van der Waals surface area contributed by atoms with Gasteiger partial charge in [-0.05, 0) is 29.4 Å². The highest BCUT2D eigenvalue weighted by molar-refractivity contribution is 9.10. The fourth-order valence-electron chi connectivity index (χ4n) is 2.57. The van der Waals surface area contributed by atoms with Crippen molar-refractivity contribution >= 4 is 15.9 Å². The van der Waals surface area contributed by atoms with Crippen molar-refractivity contribution in [1.29, 1.82) is 0 Å². The van der Waals surface area contributed by atoms with Gasteiger partial charge < -0.3 is 9.64 Å². The summed E-state index contributed by atoms with van der Waals surface area (Å²) in [7, 11) is 4.12. The van der Waals surface area contributed by atoms with Crippen molar-refractivity contribution in [2.24, 2.45) is 7.05 Å². The van der Waals surface area contributed by atoms with Crippen LogP contribution in [0.2, 0.25) is 0 Å². The molecule has 2 atom stereocenters. The maximum atomic E-state index is 5.91. The fraction of sp³-hybridized carbons (Fsp3) is 0.700. The van der Waals surface area contributed by atoms with E-state index >= 15 is 0 Å². The molecule has 0 aliphatic carbocycles. The van der Waals surface area contributed by atoms with Crippen molar-refractivity contribution in [3.05, 3.63) is 16.4 Å². The Kier molecular flexibility index (Phi) is 2.00. The zero-order valence-electron chi connectivity index (χ0n) is 8.90. The number of rotatable bonds is 1. The van der Waals surface area contributed by atoms with Crippen molar-refractivity contribution < 1.29 is 4.74 Å². The number of epoxide rings is 1. The number of piperidine rings is 1. The van der Waals surface area contributed by atoms with Crippen molar-refractivity contribution in [3.8, 4) is 0 Å². The minimum atomic E-state index is -0.0589. The first kappa shape index (κ1) is 9.81. The van der Waals surface area contributed by atoms with Crippen molar-refractivity contribution in [2.45, 2.75) is 18.1 Å². The van der Waals surface area contributed by atoms with Crippen LogP contribution in [0, 0.1) is 0 Å². The lowest BCUT2D eigenvalue weighted by atomic mass is 9.93. The van der Waals surface area contributed by atoms with E-state index in [-0.39, 0.29) is 5.60 Å². The molecule has 2 fully saturated rings. The van der Waals surface area contributed by atoms with E-state index in [1.165, 1.54) is 5.69 Å². The summed E-state index contributed by atoms with van der Waals surface area (Å²) in [4.78, 5) is 2.32. The second-order valence-electron chi connectivity index (χ2n) is 4.47. The summed E-state index contributed by atoms with van der Waals surface area (Å²) in [5, 5.41) is 4.26. The number of hydrogen-bond donors (Lipinski definition) is 0. The maximum Gasteiger partial charge on any atom is 0.140 e. The predicted molar refractivity (Wildman–Crippen MR) is 59.6 cm³/mol. The number of ether oxygens (including phenoxy) is 1. The molecule has 2 aliphatic rings. The molecule has 0 N–H and O–H groups in total. The van der Waals surface area contributed by atoms with Gasteiger partial charge in [0.05, 0.1) is 16.4 Å². The first-order chi connectivity index (χ1) is 7.13. The van der Waals surface area contributed by atoms with Gasteiger partial charge in [0.1, 0.15) is 11.7 Å². The highest BCUT2D eigenvalue weighted by Gasteiger charge is 2.61. The van der Waals surface area contributed by atoms with Gasteiger partial charge in [0.25, 0.3) is 0 Å². The Morgan fingerprint density at radius 2 is 2.40 bits per heavy atom. The molecule has 82 valence electrons. The average molecular weight is 272 g/mol. The molecule has 0 radical (unpaired) electrons. The van der Waals surface area contributed by atoms with Gasteiger partial charge in [-0.15, -0.1) is 0 Å². The Morgan fingerprint density at radius 3 is 3.00 bits per heavy atom. The number of hydrogen-bond acceptors (Lipinski definition) is 3. The normalized spacial score (nSPS) is 35.3. The third-order valence-corrected chi connectivity index (χ3v) is 4.03. The molecule has 15 heavy (non-hydrogen) atoms. The minimum Gasteiger partial charge on any atom is -0.358 e. The molecule has 3 heterocycles. The smallest absolute Gasteiger partial charge is 0.140 e. The monoisotopic (exact) mass is 271 g/mol. The molecule has 1 aromatic heterocycles. The zero-order chi connectivity index (χ0) is 10.6. The lowest BCUT2D eigenvalue weighted by Gasteiger charge is -2.25. The first-order valence-corrected chi connectivity index (χ1v) is 5.97. The van der Waals surface area contributed by atoms with Gasteiger partial charge in [0.2, 0.25) is 0 Å². The Hall–Kier alpha value is -0.390. The van der Waals surface area contributed by atoms with E-state index in [2.05, 4.69) is 33.0 Å². The number of aromatic nitrogens is 2. The van der Waals surface area contributed by atoms with E-state index in [0.717, 1.165) is 24.0 Å². The molecule has 0 bridgehead atoms. The van der Waals surface area contributed by atoms with Crippen LogP contribution in [-0.2, 0) is 17.4 Å². The summed E-state index contributed by atoms with van der Waals surface area (Å²) in [6.07, 6.45) is 3.26.